The zero-order valence-corrected chi connectivity index (χ0v) is 9.41. The van der Waals surface area contributed by atoms with Crippen molar-refractivity contribution in [1.29, 1.82) is 5.26 Å². The van der Waals surface area contributed by atoms with Crippen LogP contribution < -0.4 is 5.73 Å². The summed E-state index contributed by atoms with van der Waals surface area (Å²) in [6.07, 6.45) is 1.50. The van der Waals surface area contributed by atoms with Crippen LogP contribution in [0.4, 0.5) is 5.82 Å². The number of rotatable bonds is 1. The Labute approximate surface area is 103 Å². The van der Waals surface area contributed by atoms with Gasteiger partial charge in [0.1, 0.15) is 18.2 Å². The number of fused-ring (bicyclic) bond motifs is 1. The first-order chi connectivity index (χ1) is 8.79. The molecule has 3 aromatic rings. The maximum absolute atomic E-state index is 8.97. The molecule has 5 nitrogen and oxygen atoms in total. The van der Waals surface area contributed by atoms with Crippen molar-refractivity contribution in [2.24, 2.45) is 0 Å². The molecule has 5 heteroatoms. The van der Waals surface area contributed by atoms with Gasteiger partial charge in [-0.2, -0.15) is 5.26 Å². The summed E-state index contributed by atoms with van der Waals surface area (Å²) in [6, 6.07) is 13.5. The third-order valence-corrected chi connectivity index (χ3v) is 2.71. The molecule has 2 N–H and O–H groups in total. The molecule has 0 fully saturated rings. The van der Waals surface area contributed by atoms with Crippen molar-refractivity contribution < 1.29 is 0 Å². The van der Waals surface area contributed by atoms with Crippen LogP contribution in [0.15, 0.2) is 42.7 Å². The first kappa shape index (κ1) is 10.3. The Morgan fingerprint density at radius 3 is 2.72 bits per heavy atom. The number of nitrogen functional groups attached to an aromatic ring is 1. The molecule has 0 saturated carbocycles. The molecule has 0 atom stereocenters. The minimum atomic E-state index is 0.277. The maximum atomic E-state index is 8.97. The molecule has 0 amide bonds. The normalized spacial score (nSPS) is 10.4. The summed E-state index contributed by atoms with van der Waals surface area (Å²) >= 11 is 0. The molecule has 0 unspecified atom stereocenters. The van der Waals surface area contributed by atoms with Crippen molar-refractivity contribution >= 4 is 11.5 Å². The molecule has 0 aliphatic rings. The van der Waals surface area contributed by atoms with Crippen LogP contribution in [0, 0.1) is 11.3 Å². The van der Waals surface area contributed by atoms with Gasteiger partial charge in [-0.05, 0) is 0 Å². The van der Waals surface area contributed by atoms with E-state index in [4.69, 9.17) is 11.0 Å². The van der Waals surface area contributed by atoms with E-state index < -0.39 is 0 Å². The second-order valence-electron chi connectivity index (χ2n) is 3.83. The molecule has 1 aromatic carbocycles. The smallest absolute Gasteiger partial charge is 0.185 e. The highest BCUT2D eigenvalue weighted by molar-refractivity contribution is 5.67. The molecule has 0 spiro atoms. The summed E-state index contributed by atoms with van der Waals surface area (Å²) in [4.78, 5) is 8.40. The summed E-state index contributed by atoms with van der Waals surface area (Å²) in [7, 11) is 0. The van der Waals surface area contributed by atoms with Gasteiger partial charge in [-0.25, -0.2) is 9.97 Å². The van der Waals surface area contributed by atoms with E-state index in [1.807, 2.05) is 36.4 Å². The third-order valence-electron chi connectivity index (χ3n) is 2.71. The van der Waals surface area contributed by atoms with E-state index in [0.717, 1.165) is 11.3 Å². The molecule has 0 saturated heterocycles. The standard InChI is InChI=1S/C13H9N5/c14-7-11-13-17-10(9-4-2-1-3-5-9)6-12(15)18(13)8-16-11/h1-6,8H,15H2. The molecule has 0 bridgehead atoms. The molecule has 0 aliphatic heterocycles. The average molecular weight is 235 g/mol. The Hall–Kier alpha value is -2.87. The van der Waals surface area contributed by atoms with E-state index >= 15 is 0 Å². The fourth-order valence-electron chi connectivity index (χ4n) is 1.83. The first-order valence-corrected chi connectivity index (χ1v) is 5.38. The molecule has 3 rings (SSSR count). The van der Waals surface area contributed by atoms with E-state index in [0.29, 0.717) is 11.5 Å². The van der Waals surface area contributed by atoms with E-state index in [2.05, 4.69) is 9.97 Å². The van der Waals surface area contributed by atoms with Crippen LogP contribution in [-0.4, -0.2) is 14.4 Å². The minimum Gasteiger partial charge on any atom is -0.385 e. The van der Waals surface area contributed by atoms with Crippen LogP contribution in [-0.2, 0) is 0 Å². The zero-order valence-electron chi connectivity index (χ0n) is 9.41. The lowest BCUT2D eigenvalue weighted by molar-refractivity contribution is 1.13. The van der Waals surface area contributed by atoms with E-state index in [1.54, 1.807) is 10.5 Å². The van der Waals surface area contributed by atoms with E-state index in [-0.39, 0.29) is 5.69 Å². The molecule has 2 heterocycles. The first-order valence-electron chi connectivity index (χ1n) is 5.38. The van der Waals surface area contributed by atoms with Crippen molar-refractivity contribution in [3.05, 3.63) is 48.4 Å². The lowest BCUT2D eigenvalue weighted by Gasteiger charge is -2.04. The third kappa shape index (κ3) is 1.48. The van der Waals surface area contributed by atoms with E-state index in [1.165, 1.54) is 6.33 Å². The Balaban J connectivity index is 2.30. The van der Waals surface area contributed by atoms with Crippen molar-refractivity contribution in [3.8, 4) is 17.3 Å². The lowest BCUT2D eigenvalue weighted by Crippen LogP contribution is -1.99. The van der Waals surface area contributed by atoms with Crippen molar-refractivity contribution in [1.82, 2.24) is 14.4 Å². The summed E-state index contributed by atoms with van der Waals surface area (Å²) in [6.45, 7) is 0. The summed E-state index contributed by atoms with van der Waals surface area (Å²) in [5.74, 6) is 0.507. The number of nitrogens with zero attached hydrogens (tertiary/aromatic N) is 4. The predicted molar refractivity (Wildman–Crippen MR) is 67.6 cm³/mol. The Morgan fingerprint density at radius 1 is 1.22 bits per heavy atom. The van der Waals surface area contributed by atoms with Gasteiger partial charge >= 0.3 is 0 Å². The number of imidazole rings is 1. The number of anilines is 1. The highest BCUT2D eigenvalue weighted by atomic mass is 15.1. The molecule has 2 aromatic heterocycles. The number of hydrogen-bond acceptors (Lipinski definition) is 4. The Morgan fingerprint density at radius 2 is 2.00 bits per heavy atom. The molecule has 0 radical (unpaired) electrons. The Bertz CT molecular complexity index is 752. The summed E-state index contributed by atoms with van der Waals surface area (Å²) in [5, 5.41) is 8.97. The van der Waals surface area contributed by atoms with Gasteiger partial charge in [0.2, 0.25) is 0 Å². The molecule has 86 valence electrons. The zero-order chi connectivity index (χ0) is 12.5. The van der Waals surface area contributed by atoms with Crippen LogP contribution in [0.3, 0.4) is 0 Å². The number of nitrogens with two attached hydrogens (primary N) is 1. The second kappa shape index (κ2) is 3.86. The second-order valence-corrected chi connectivity index (χ2v) is 3.83. The number of nitriles is 1. The fraction of sp³-hybridized carbons (Fsp3) is 0. The molecule has 18 heavy (non-hydrogen) atoms. The quantitative estimate of drug-likeness (QED) is 0.698. The molecular formula is C13H9N5. The van der Waals surface area contributed by atoms with Crippen LogP contribution >= 0.6 is 0 Å². The number of aromatic nitrogens is 3. The molecular weight excluding hydrogens is 226 g/mol. The predicted octanol–water partition coefficient (Wildman–Crippen LogP) is 1.85. The largest absolute Gasteiger partial charge is 0.385 e. The average Bonchev–Trinajstić information content (AvgIpc) is 2.83. The summed E-state index contributed by atoms with van der Waals surface area (Å²) < 4.78 is 1.60. The highest BCUT2D eigenvalue weighted by Gasteiger charge is 2.10. The van der Waals surface area contributed by atoms with Gasteiger partial charge in [0, 0.05) is 11.6 Å². The number of hydrogen-bond donors (Lipinski definition) is 1. The lowest BCUT2D eigenvalue weighted by atomic mass is 10.1. The fourth-order valence-corrected chi connectivity index (χ4v) is 1.83. The van der Waals surface area contributed by atoms with Crippen LogP contribution in [0.2, 0.25) is 0 Å². The monoisotopic (exact) mass is 235 g/mol. The molecule has 0 aliphatic carbocycles. The van der Waals surface area contributed by atoms with Gasteiger partial charge in [-0.1, -0.05) is 30.3 Å². The van der Waals surface area contributed by atoms with Crippen molar-refractivity contribution in [3.63, 3.8) is 0 Å². The van der Waals surface area contributed by atoms with Gasteiger partial charge in [-0.3, -0.25) is 4.40 Å². The van der Waals surface area contributed by atoms with Gasteiger partial charge < -0.3 is 5.73 Å². The van der Waals surface area contributed by atoms with Gasteiger partial charge in [0.15, 0.2) is 11.3 Å². The van der Waals surface area contributed by atoms with Crippen molar-refractivity contribution in [2.75, 3.05) is 5.73 Å². The topological polar surface area (TPSA) is 80.0 Å². The summed E-state index contributed by atoms with van der Waals surface area (Å²) in [5.41, 5.74) is 8.39. The van der Waals surface area contributed by atoms with Gasteiger partial charge in [0.05, 0.1) is 5.69 Å². The maximum Gasteiger partial charge on any atom is 0.185 e. The number of benzene rings is 1. The highest BCUT2D eigenvalue weighted by Crippen LogP contribution is 2.21. The Kier molecular flexibility index (Phi) is 2.21. The van der Waals surface area contributed by atoms with Crippen LogP contribution in [0.25, 0.3) is 16.9 Å². The van der Waals surface area contributed by atoms with Crippen molar-refractivity contribution in [2.45, 2.75) is 0 Å². The minimum absolute atomic E-state index is 0.277. The van der Waals surface area contributed by atoms with Crippen LogP contribution in [0.1, 0.15) is 5.69 Å². The van der Waals surface area contributed by atoms with Gasteiger partial charge in [0.25, 0.3) is 0 Å². The SMILES string of the molecule is N#Cc1ncn2c(N)cc(-c3ccccc3)nc12. The van der Waals surface area contributed by atoms with Crippen LogP contribution in [0.5, 0.6) is 0 Å². The van der Waals surface area contributed by atoms with Gasteiger partial charge in [-0.15, -0.1) is 0 Å². The van der Waals surface area contributed by atoms with E-state index in [9.17, 15) is 0 Å².